The highest BCUT2D eigenvalue weighted by Crippen LogP contribution is 2.23. The Bertz CT molecular complexity index is 601. The van der Waals surface area contributed by atoms with Crippen molar-refractivity contribution in [3.63, 3.8) is 0 Å². The zero-order valence-corrected chi connectivity index (χ0v) is 12.0. The Balaban J connectivity index is 1.94. The van der Waals surface area contributed by atoms with Crippen molar-refractivity contribution in [2.45, 2.75) is 6.42 Å². The monoisotopic (exact) mass is 316 g/mol. The Morgan fingerprint density at radius 2 is 2.21 bits per heavy atom. The van der Waals surface area contributed by atoms with Crippen molar-refractivity contribution in [1.82, 2.24) is 4.98 Å². The number of aromatic carboxylic acids is 1. The molecule has 19 heavy (non-hydrogen) atoms. The molecule has 0 bridgehead atoms. The lowest BCUT2D eigenvalue weighted by molar-refractivity contribution is 0.0696. The molecule has 0 unspecified atom stereocenters. The third-order valence-corrected chi connectivity index (χ3v) is 3.96. The Morgan fingerprint density at radius 1 is 1.42 bits per heavy atom. The van der Waals surface area contributed by atoms with Gasteiger partial charge >= 0.3 is 5.97 Å². The third kappa shape index (κ3) is 3.83. The van der Waals surface area contributed by atoms with Crippen LogP contribution < -0.4 is 5.32 Å². The first kappa shape index (κ1) is 14.1. The van der Waals surface area contributed by atoms with Crippen molar-refractivity contribution < 1.29 is 9.90 Å². The summed E-state index contributed by atoms with van der Waals surface area (Å²) in [6.07, 6.45) is 2.08. The molecule has 2 aromatic rings. The predicted octanol–water partition coefficient (Wildman–Crippen LogP) is 3.80. The first-order valence-electron chi connectivity index (χ1n) is 5.43. The van der Waals surface area contributed by atoms with E-state index in [0.29, 0.717) is 17.4 Å². The molecule has 100 valence electrons. The van der Waals surface area contributed by atoms with E-state index < -0.39 is 5.97 Å². The van der Waals surface area contributed by atoms with E-state index in [1.807, 2.05) is 12.1 Å². The van der Waals surface area contributed by atoms with Gasteiger partial charge in [0.15, 0.2) is 0 Å². The third-order valence-electron chi connectivity index (χ3n) is 2.38. The van der Waals surface area contributed by atoms with E-state index in [9.17, 15) is 4.79 Å². The molecular weight excluding hydrogens is 307 g/mol. The first-order valence-corrected chi connectivity index (χ1v) is 7.00. The van der Waals surface area contributed by atoms with Crippen molar-refractivity contribution in [1.29, 1.82) is 0 Å². The van der Waals surface area contributed by atoms with Gasteiger partial charge in [0, 0.05) is 17.6 Å². The number of nitrogens with zero attached hydrogens (tertiary/aromatic N) is 1. The summed E-state index contributed by atoms with van der Waals surface area (Å²) in [5.74, 6) is -0.566. The van der Waals surface area contributed by atoms with Crippen LogP contribution in [0.25, 0.3) is 0 Å². The van der Waals surface area contributed by atoms with Gasteiger partial charge in [-0.05, 0) is 24.6 Å². The molecule has 2 rings (SSSR count). The van der Waals surface area contributed by atoms with Crippen LogP contribution in [0, 0.1) is 0 Å². The number of carboxylic acid groups (broad SMARTS) is 1. The van der Waals surface area contributed by atoms with Crippen molar-refractivity contribution in [2.24, 2.45) is 0 Å². The fraction of sp³-hybridized carbons (Fsp3) is 0.167. The van der Waals surface area contributed by atoms with Gasteiger partial charge in [-0.2, -0.15) is 0 Å². The fourth-order valence-corrected chi connectivity index (χ4v) is 2.80. The zero-order valence-electron chi connectivity index (χ0n) is 9.69. The van der Waals surface area contributed by atoms with Gasteiger partial charge in [0.2, 0.25) is 0 Å². The van der Waals surface area contributed by atoms with Gasteiger partial charge in [0.05, 0.1) is 14.9 Å². The summed E-state index contributed by atoms with van der Waals surface area (Å²) in [5.41, 5.74) is 0.0700. The lowest BCUT2D eigenvalue weighted by Crippen LogP contribution is -2.07. The van der Waals surface area contributed by atoms with Crippen LogP contribution in [0.15, 0.2) is 24.4 Å². The Labute approximate surface area is 124 Å². The van der Waals surface area contributed by atoms with Crippen LogP contribution in [0.4, 0.5) is 5.82 Å². The highest BCUT2D eigenvalue weighted by Gasteiger charge is 2.08. The molecule has 7 heteroatoms. The zero-order chi connectivity index (χ0) is 13.8. The highest BCUT2D eigenvalue weighted by atomic mass is 35.5. The van der Waals surface area contributed by atoms with E-state index in [1.54, 1.807) is 0 Å². The fourth-order valence-electron chi connectivity index (χ4n) is 1.48. The normalized spacial score (nSPS) is 10.4. The average molecular weight is 317 g/mol. The van der Waals surface area contributed by atoms with E-state index >= 15 is 0 Å². The van der Waals surface area contributed by atoms with Crippen LogP contribution in [0.1, 0.15) is 15.2 Å². The highest BCUT2D eigenvalue weighted by molar-refractivity contribution is 7.16. The van der Waals surface area contributed by atoms with Crippen molar-refractivity contribution in [2.75, 3.05) is 11.9 Å². The Morgan fingerprint density at radius 3 is 2.79 bits per heavy atom. The van der Waals surface area contributed by atoms with Gasteiger partial charge in [-0.3, -0.25) is 0 Å². The molecule has 0 atom stereocenters. The van der Waals surface area contributed by atoms with Gasteiger partial charge in [-0.25, -0.2) is 9.78 Å². The quantitative estimate of drug-likeness (QED) is 0.880. The number of anilines is 1. The van der Waals surface area contributed by atoms with E-state index in [4.69, 9.17) is 28.3 Å². The van der Waals surface area contributed by atoms with Gasteiger partial charge in [-0.15, -0.1) is 11.3 Å². The number of hydrogen-bond acceptors (Lipinski definition) is 4. The predicted molar refractivity (Wildman–Crippen MR) is 77.7 cm³/mol. The summed E-state index contributed by atoms with van der Waals surface area (Å²) in [5, 5.41) is 12.2. The minimum Gasteiger partial charge on any atom is -0.478 e. The van der Waals surface area contributed by atoms with Gasteiger partial charge in [0.25, 0.3) is 0 Å². The van der Waals surface area contributed by atoms with Crippen molar-refractivity contribution in [3.8, 4) is 0 Å². The maximum absolute atomic E-state index is 10.7. The molecule has 2 aromatic heterocycles. The van der Waals surface area contributed by atoms with Gasteiger partial charge in [0.1, 0.15) is 5.82 Å². The molecule has 0 aliphatic rings. The molecule has 0 saturated heterocycles. The van der Waals surface area contributed by atoms with E-state index in [2.05, 4.69) is 10.3 Å². The molecule has 2 heterocycles. The topological polar surface area (TPSA) is 62.2 Å². The molecule has 0 aromatic carbocycles. The van der Waals surface area contributed by atoms with Crippen LogP contribution in [-0.2, 0) is 6.42 Å². The smallest absolute Gasteiger partial charge is 0.337 e. The Hall–Kier alpha value is -1.30. The number of hydrogen-bond donors (Lipinski definition) is 2. The molecule has 0 spiro atoms. The van der Waals surface area contributed by atoms with Gasteiger partial charge in [-0.1, -0.05) is 23.2 Å². The largest absolute Gasteiger partial charge is 0.478 e. The molecule has 0 saturated carbocycles. The molecule has 0 amide bonds. The van der Waals surface area contributed by atoms with E-state index in [0.717, 1.165) is 15.6 Å². The molecule has 0 aliphatic heterocycles. The lowest BCUT2D eigenvalue weighted by atomic mass is 10.3. The number of carbonyl (C=O) groups is 1. The standard InChI is InChI=1S/C12H10Cl2N2O2S/c13-9-5-7(12(17)18)6-16-11(9)15-4-3-8-1-2-10(14)19-8/h1-2,5-6H,3-4H2,(H,15,16)(H,17,18). The van der Waals surface area contributed by atoms with Crippen LogP contribution in [0.3, 0.4) is 0 Å². The second-order valence-electron chi connectivity index (χ2n) is 3.74. The van der Waals surface area contributed by atoms with Crippen LogP contribution in [0.5, 0.6) is 0 Å². The summed E-state index contributed by atoms with van der Waals surface area (Å²) in [7, 11) is 0. The molecule has 0 aliphatic carbocycles. The minimum absolute atomic E-state index is 0.0700. The number of aromatic nitrogens is 1. The van der Waals surface area contributed by atoms with E-state index in [-0.39, 0.29) is 5.56 Å². The maximum atomic E-state index is 10.7. The van der Waals surface area contributed by atoms with Crippen LogP contribution >= 0.6 is 34.5 Å². The number of nitrogens with one attached hydrogen (secondary N) is 1. The SMILES string of the molecule is O=C(O)c1cnc(NCCc2ccc(Cl)s2)c(Cl)c1. The molecule has 0 fully saturated rings. The molecule has 4 nitrogen and oxygen atoms in total. The van der Waals surface area contributed by atoms with Crippen molar-refractivity contribution in [3.05, 3.63) is 44.2 Å². The Kier molecular flexibility index (Phi) is 4.63. The van der Waals surface area contributed by atoms with Crippen LogP contribution in [0.2, 0.25) is 9.36 Å². The molecule has 2 N–H and O–H groups in total. The number of thiophene rings is 1. The van der Waals surface area contributed by atoms with Crippen molar-refractivity contribution >= 4 is 46.3 Å². The number of rotatable bonds is 5. The van der Waals surface area contributed by atoms with Gasteiger partial charge < -0.3 is 10.4 Å². The summed E-state index contributed by atoms with van der Waals surface area (Å²) >= 11 is 13.3. The first-order chi connectivity index (χ1) is 9.06. The number of halogens is 2. The number of pyridine rings is 1. The summed E-state index contributed by atoms with van der Waals surface area (Å²) < 4.78 is 0.761. The van der Waals surface area contributed by atoms with E-state index in [1.165, 1.54) is 23.6 Å². The summed E-state index contributed by atoms with van der Waals surface area (Å²) in [4.78, 5) is 15.9. The summed E-state index contributed by atoms with van der Waals surface area (Å²) in [6.45, 7) is 0.649. The second-order valence-corrected chi connectivity index (χ2v) is 5.95. The average Bonchev–Trinajstić information content (AvgIpc) is 2.77. The molecule has 0 radical (unpaired) electrons. The molecular formula is C12H10Cl2N2O2S. The second kappa shape index (κ2) is 6.23. The lowest BCUT2D eigenvalue weighted by Gasteiger charge is -2.07. The minimum atomic E-state index is -1.05. The number of carboxylic acids is 1. The maximum Gasteiger partial charge on any atom is 0.337 e. The van der Waals surface area contributed by atoms with Crippen LogP contribution in [-0.4, -0.2) is 22.6 Å². The summed E-state index contributed by atoms with van der Waals surface area (Å²) in [6, 6.07) is 5.20.